The van der Waals surface area contributed by atoms with Gasteiger partial charge in [0.05, 0.1) is 21.7 Å². The molecule has 2 unspecified atom stereocenters. The van der Waals surface area contributed by atoms with Crippen molar-refractivity contribution in [2.75, 3.05) is 11.5 Å². The average Bonchev–Trinajstić information content (AvgIpc) is 3.45. The third-order valence-electron chi connectivity index (χ3n) is 5.37. The van der Waals surface area contributed by atoms with Gasteiger partial charge in [0.25, 0.3) is 5.91 Å². The van der Waals surface area contributed by atoms with Crippen LogP contribution in [0.25, 0.3) is 15.3 Å². The lowest BCUT2D eigenvalue weighted by Crippen LogP contribution is -2.50. The summed E-state index contributed by atoms with van der Waals surface area (Å²) in [6, 6.07) is 7.98. The molecule has 1 saturated heterocycles. The molecule has 1 aliphatic heterocycles. The number of nitrogens with zero attached hydrogens (tertiary/aromatic N) is 2. The van der Waals surface area contributed by atoms with Gasteiger partial charge in [0, 0.05) is 24.0 Å². The molecule has 8 nitrogen and oxygen atoms in total. The zero-order chi connectivity index (χ0) is 22.9. The summed E-state index contributed by atoms with van der Waals surface area (Å²) < 4.78 is 26.2. The molecule has 1 fully saturated rings. The maximum absolute atomic E-state index is 13.0. The Morgan fingerprint density at radius 3 is 2.66 bits per heavy atom. The molecule has 32 heavy (non-hydrogen) atoms. The lowest BCUT2D eigenvalue weighted by molar-refractivity contribution is -0.123. The lowest BCUT2D eigenvalue weighted by Gasteiger charge is -2.22. The smallest absolute Gasteiger partial charge is 0.251 e. The number of fused-ring (bicyclic) bond motifs is 1. The first kappa shape index (κ1) is 22.5. The summed E-state index contributed by atoms with van der Waals surface area (Å²) >= 11 is 1.48. The van der Waals surface area contributed by atoms with E-state index in [1.54, 1.807) is 18.2 Å². The number of thiazole rings is 1. The fraction of sp³-hybridized carbons (Fsp3) is 0.409. The topological polar surface area (TPSA) is 110 Å². The summed E-state index contributed by atoms with van der Waals surface area (Å²) in [5, 5.41) is 6.45. The van der Waals surface area contributed by atoms with Crippen LogP contribution in [0.2, 0.25) is 0 Å². The minimum atomic E-state index is -3.10. The van der Waals surface area contributed by atoms with Crippen LogP contribution < -0.4 is 10.6 Å². The van der Waals surface area contributed by atoms with Crippen LogP contribution in [0.5, 0.6) is 0 Å². The van der Waals surface area contributed by atoms with Gasteiger partial charge in [-0.2, -0.15) is 0 Å². The standard InChI is InChI=1S/C22H26N4O4S2/c1-14(2)11-18(21(28)23-16-7-10-32(29,30)13-16)24-20(27)15-5-6-17-19(12-15)31-22(25-17)26-8-3-4-9-26/h3-6,8-9,12,14,16,18H,7,10-11,13H2,1-2H3,(H,23,28)(H,24,27). The molecule has 3 aromatic rings. The molecule has 3 heterocycles. The summed E-state index contributed by atoms with van der Waals surface area (Å²) in [6.07, 6.45) is 4.69. The minimum Gasteiger partial charge on any atom is -0.351 e. The highest BCUT2D eigenvalue weighted by molar-refractivity contribution is 7.91. The number of aromatic nitrogens is 2. The zero-order valence-corrected chi connectivity index (χ0v) is 19.6. The molecule has 0 aliphatic carbocycles. The second kappa shape index (κ2) is 9.03. The molecule has 10 heteroatoms. The second-order valence-corrected chi connectivity index (χ2v) is 11.8. The van der Waals surface area contributed by atoms with Crippen LogP contribution in [0, 0.1) is 5.92 Å². The van der Waals surface area contributed by atoms with Gasteiger partial charge in [-0.1, -0.05) is 25.2 Å². The molecule has 1 aromatic carbocycles. The maximum Gasteiger partial charge on any atom is 0.251 e. The molecule has 0 bridgehead atoms. The molecule has 2 N–H and O–H groups in total. The van der Waals surface area contributed by atoms with E-state index in [2.05, 4.69) is 15.6 Å². The Morgan fingerprint density at radius 1 is 1.25 bits per heavy atom. The van der Waals surface area contributed by atoms with Crippen LogP contribution >= 0.6 is 11.3 Å². The molecule has 0 saturated carbocycles. The van der Waals surface area contributed by atoms with Gasteiger partial charge in [-0.3, -0.25) is 9.59 Å². The number of amides is 2. The number of carbonyl (C=O) groups is 2. The third-order valence-corrected chi connectivity index (χ3v) is 8.17. The predicted octanol–water partition coefficient (Wildman–Crippen LogP) is 2.53. The monoisotopic (exact) mass is 474 g/mol. The van der Waals surface area contributed by atoms with Gasteiger partial charge in [0.1, 0.15) is 6.04 Å². The Balaban J connectivity index is 1.48. The van der Waals surface area contributed by atoms with Crippen molar-refractivity contribution in [1.29, 1.82) is 0 Å². The summed E-state index contributed by atoms with van der Waals surface area (Å²) in [7, 11) is -3.10. The van der Waals surface area contributed by atoms with Crippen molar-refractivity contribution < 1.29 is 18.0 Å². The highest BCUT2D eigenvalue weighted by Gasteiger charge is 2.31. The van der Waals surface area contributed by atoms with Crippen LogP contribution in [0.4, 0.5) is 0 Å². The van der Waals surface area contributed by atoms with Crippen molar-refractivity contribution in [1.82, 2.24) is 20.2 Å². The first-order valence-corrected chi connectivity index (χ1v) is 13.2. The molecule has 0 spiro atoms. The molecule has 1 aliphatic rings. The second-order valence-electron chi connectivity index (χ2n) is 8.53. The average molecular weight is 475 g/mol. The van der Waals surface area contributed by atoms with Gasteiger partial charge < -0.3 is 15.2 Å². The van der Waals surface area contributed by atoms with Gasteiger partial charge in [0.15, 0.2) is 15.0 Å². The summed E-state index contributed by atoms with van der Waals surface area (Å²) in [4.78, 5) is 30.4. The van der Waals surface area contributed by atoms with Crippen molar-refractivity contribution in [3.8, 4) is 5.13 Å². The van der Waals surface area contributed by atoms with Gasteiger partial charge >= 0.3 is 0 Å². The molecule has 170 valence electrons. The number of sulfone groups is 1. The molecule has 4 rings (SSSR count). The van der Waals surface area contributed by atoms with Crippen molar-refractivity contribution in [2.45, 2.75) is 38.8 Å². The SMILES string of the molecule is CC(C)CC(NC(=O)c1ccc2nc(-n3cccc3)sc2c1)C(=O)NC1CCS(=O)(=O)C1. The first-order chi connectivity index (χ1) is 15.2. The number of hydrogen-bond acceptors (Lipinski definition) is 6. The minimum absolute atomic E-state index is 0.0488. The van der Waals surface area contributed by atoms with Gasteiger partial charge in [-0.05, 0) is 49.1 Å². The van der Waals surface area contributed by atoms with Crippen LogP contribution in [-0.4, -0.2) is 53.4 Å². The van der Waals surface area contributed by atoms with E-state index in [9.17, 15) is 18.0 Å². The highest BCUT2D eigenvalue weighted by Crippen LogP contribution is 2.26. The quantitative estimate of drug-likeness (QED) is 0.547. The number of benzene rings is 1. The Labute approximate surface area is 191 Å². The summed E-state index contributed by atoms with van der Waals surface area (Å²) in [5.74, 6) is -0.483. The van der Waals surface area contributed by atoms with Crippen LogP contribution in [0.3, 0.4) is 0 Å². The van der Waals surface area contributed by atoms with E-state index in [1.807, 2.05) is 42.9 Å². The molecular weight excluding hydrogens is 448 g/mol. The predicted molar refractivity (Wildman–Crippen MR) is 125 cm³/mol. The van der Waals surface area contributed by atoms with E-state index in [-0.39, 0.29) is 29.2 Å². The van der Waals surface area contributed by atoms with Gasteiger partial charge in [-0.25, -0.2) is 13.4 Å². The van der Waals surface area contributed by atoms with E-state index in [0.29, 0.717) is 18.4 Å². The summed E-state index contributed by atoms with van der Waals surface area (Å²) in [5.41, 5.74) is 1.25. The molecule has 2 amide bonds. The first-order valence-electron chi connectivity index (χ1n) is 10.6. The highest BCUT2D eigenvalue weighted by atomic mass is 32.2. The van der Waals surface area contributed by atoms with Crippen LogP contribution in [-0.2, 0) is 14.6 Å². The number of carbonyl (C=O) groups excluding carboxylic acids is 2. The largest absolute Gasteiger partial charge is 0.351 e. The Hall–Kier alpha value is -2.72. The Morgan fingerprint density at radius 2 is 2.00 bits per heavy atom. The van der Waals surface area contributed by atoms with E-state index in [1.165, 1.54) is 11.3 Å². The van der Waals surface area contributed by atoms with Crippen LogP contribution in [0.15, 0.2) is 42.7 Å². The molecule has 0 radical (unpaired) electrons. The Bertz CT molecular complexity index is 1230. The lowest BCUT2D eigenvalue weighted by atomic mass is 10.0. The van der Waals surface area contributed by atoms with Crippen molar-refractivity contribution in [3.05, 3.63) is 48.3 Å². The van der Waals surface area contributed by atoms with Gasteiger partial charge in [0.2, 0.25) is 5.91 Å². The number of rotatable bonds is 7. The maximum atomic E-state index is 13.0. The number of hydrogen-bond donors (Lipinski definition) is 2. The fourth-order valence-electron chi connectivity index (χ4n) is 3.78. The van der Waals surface area contributed by atoms with Crippen molar-refractivity contribution >= 4 is 43.2 Å². The van der Waals surface area contributed by atoms with Gasteiger partial charge in [-0.15, -0.1) is 0 Å². The summed E-state index contributed by atoms with van der Waals surface area (Å²) in [6.45, 7) is 3.94. The Kier molecular flexibility index (Phi) is 6.34. The fourth-order valence-corrected chi connectivity index (χ4v) is 6.43. The number of nitrogens with one attached hydrogen (secondary N) is 2. The zero-order valence-electron chi connectivity index (χ0n) is 17.9. The molecule has 2 aromatic heterocycles. The van der Waals surface area contributed by atoms with E-state index in [0.717, 1.165) is 15.3 Å². The van der Waals surface area contributed by atoms with E-state index >= 15 is 0 Å². The third kappa shape index (κ3) is 5.18. The molecular formula is C22H26N4O4S2. The van der Waals surface area contributed by atoms with E-state index < -0.39 is 21.9 Å². The van der Waals surface area contributed by atoms with Crippen molar-refractivity contribution in [3.63, 3.8) is 0 Å². The normalized spacial score (nSPS) is 18.7. The van der Waals surface area contributed by atoms with Crippen LogP contribution in [0.1, 0.15) is 37.0 Å². The van der Waals surface area contributed by atoms with Crippen molar-refractivity contribution in [2.24, 2.45) is 5.92 Å². The molecule has 2 atom stereocenters. The van der Waals surface area contributed by atoms with E-state index in [4.69, 9.17) is 0 Å².